The van der Waals surface area contributed by atoms with Crippen LogP contribution in [0.5, 0.6) is 0 Å². The number of hydrogen-bond donors (Lipinski definition) is 1. The number of nitrogens with one attached hydrogen (secondary N) is 1. The number of anilines is 1. The highest BCUT2D eigenvalue weighted by Crippen LogP contribution is 2.26. The molecular formula is C24H22N2O3S. The van der Waals surface area contributed by atoms with Gasteiger partial charge in [0.05, 0.1) is 17.1 Å². The summed E-state index contributed by atoms with van der Waals surface area (Å²) in [7, 11) is -3.87. The van der Waals surface area contributed by atoms with E-state index in [0.717, 1.165) is 22.0 Å². The number of H-pyrrole nitrogens is 1. The lowest BCUT2D eigenvalue weighted by Gasteiger charge is -2.25. The van der Waals surface area contributed by atoms with Gasteiger partial charge < -0.3 is 4.98 Å². The molecule has 4 rings (SSSR count). The number of pyridine rings is 1. The molecule has 152 valence electrons. The molecule has 30 heavy (non-hydrogen) atoms. The highest BCUT2D eigenvalue weighted by molar-refractivity contribution is 7.92. The molecule has 0 aliphatic heterocycles. The van der Waals surface area contributed by atoms with Gasteiger partial charge in [-0.3, -0.25) is 9.10 Å². The summed E-state index contributed by atoms with van der Waals surface area (Å²) in [6, 6.07) is 23.1. The van der Waals surface area contributed by atoms with Crippen LogP contribution in [0.1, 0.15) is 16.7 Å². The molecule has 0 bridgehead atoms. The van der Waals surface area contributed by atoms with Gasteiger partial charge in [-0.05, 0) is 55.6 Å². The van der Waals surface area contributed by atoms with Crippen LogP contribution in [0.25, 0.3) is 10.9 Å². The summed E-state index contributed by atoms with van der Waals surface area (Å²) >= 11 is 0. The average molecular weight is 419 g/mol. The van der Waals surface area contributed by atoms with Crippen molar-refractivity contribution in [1.82, 2.24) is 4.98 Å². The maximum Gasteiger partial charge on any atom is 0.264 e. The smallest absolute Gasteiger partial charge is 0.264 e. The van der Waals surface area contributed by atoms with E-state index in [-0.39, 0.29) is 17.0 Å². The predicted molar refractivity (Wildman–Crippen MR) is 120 cm³/mol. The molecule has 0 aliphatic carbocycles. The molecule has 0 unspecified atom stereocenters. The van der Waals surface area contributed by atoms with Crippen LogP contribution in [0.4, 0.5) is 5.69 Å². The van der Waals surface area contributed by atoms with E-state index in [4.69, 9.17) is 0 Å². The second kappa shape index (κ2) is 7.80. The fourth-order valence-corrected chi connectivity index (χ4v) is 4.77. The summed E-state index contributed by atoms with van der Waals surface area (Å²) in [5.41, 5.74) is 3.30. The van der Waals surface area contributed by atoms with Crippen LogP contribution in [0.2, 0.25) is 0 Å². The minimum Gasteiger partial charge on any atom is -0.322 e. The fraction of sp³-hybridized carbons (Fsp3) is 0.125. The van der Waals surface area contributed by atoms with E-state index < -0.39 is 10.0 Å². The molecule has 0 radical (unpaired) electrons. The van der Waals surface area contributed by atoms with Gasteiger partial charge >= 0.3 is 0 Å². The normalized spacial score (nSPS) is 11.5. The molecule has 3 aromatic carbocycles. The number of hydrogen-bond acceptors (Lipinski definition) is 3. The maximum atomic E-state index is 13.5. The van der Waals surface area contributed by atoms with Gasteiger partial charge in [0.25, 0.3) is 15.6 Å². The first-order valence-electron chi connectivity index (χ1n) is 9.61. The Balaban J connectivity index is 1.84. The number of nitrogens with zero attached hydrogens (tertiary/aromatic N) is 1. The number of sulfonamides is 1. The van der Waals surface area contributed by atoms with E-state index in [1.807, 2.05) is 50.2 Å². The molecule has 0 amide bonds. The zero-order valence-electron chi connectivity index (χ0n) is 16.8. The fourth-order valence-electron chi connectivity index (χ4n) is 3.33. The van der Waals surface area contributed by atoms with Crippen molar-refractivity contribution >= 4 is 26.6 Å². The average Bonchev–Trinajstić information content (AvgIpc) is 2.73. The third-order valence-corrected chi connectivity index (χ3v) is 6.86. The monoisotopic (exact) mass is 418 g/mol. The van der Waals surface area contributed by atoms with Gasteiger partial charge in [-0.2, -0.15) is 0 Å². The van der Waals surface area contributed by atoms with Gasteiger partial charge in [-0.15, -0.1) is 0 Å². The van der Waals surface area contributed by atoms with Crippen molar-refractivity contribution in [3.63, 3.8) is 0 Å². The van der Waals surface area contributed by atoms with E-state index in [1.54, 1.807) is 42.5 Å². The second-order valence-corrected chi connectivity index (χ2v) is 9.23. The summed E-state index contributed by atoms with van der Waals surface area (Å²) in [6.07, 6.45) is 0. The Morgan fingerprint density at radius 3 is 2.10 bits per heavy atom. The first-order chi connectivity index (χ1) is 14.3. The molecule has 1 aromatic heterocycles. The minimum atomic E-state index is -3.87. The molecule has 5 nitrogen and oxygen atoms in total. The summed E-state index contributed by atoms with van der Waals surface area (Å²) in [5.74, 6) is 0. The van der Waals surface area contributed by atoms with Gasteiger partial charge in [0.15, 0.2) is 0 Å². The molecule has 1 heterocycles. The van der Waals surface area contributed by atoms with Crippen molar-refractivity contribution in [2.75, 3.05) is 4.31 Å². The second-order valence-electron chi connectivity index (χ2n) is 7.37. The summed E-state index contributed by atoms with van der Waals surface area (Å²) < 4.78 is 28.3. The van der Waals surface area contributed by atoms with Crippen molar-refractivity contribution in [3.8, 4) is 0 Å². The maximum absolute atomic E-state index is 13.5. The molecular weight excluding hydrogens is 396 g/mol. The Morgan fingerprint density at radius 2 is 1.43 bits per heavy atom. The Morgan fingerprint density at radius 1 is 0.833 bits per heavy atom. The van der Waals surface area contributed by atoms with Crippen molar-refractivity contribution in [3.05, 3.63) is 106 Å². The van der Waals surface area contributed by atoms with Crippen LogP contribution < -0.4 is 9.86 Å². The third kappa shape index (κ3) is 3.86. The number of fused-ring (bicyclic) bond motifs is 1. The van der Waals surface area contributed by atoms with Crippen LogP contribution in [-0.4, -0.2) is 13.4 Å². The van der Waals surface area contributed by atoms with Crippen LogP contribution in [0, 0.1) is 13.8 Å². The molecule has 0 saturated carbocycles. The topological polar surface area (TPSA) is 70.2 Å². The molecule has 4 aromatic rings. The lowest BCUT2D eigenvalue weighted by molar-refractivity contribution is 0.590. The molecule has 1 N–H and O–H groups in total. The Hall–Kier alpha value is -3.38. The highest BCUT2D eigenvalue weighted by atomic mass is 32.2. The number of aromatic amines is 1. The summed E-state index contributed by atoms with van der Waals surface area (Å²) in [6.45, 7) is 3.78. The molecule has 0 fully saturated rings. The first kappa shape index (κ1) is 19.9. The van der Waals surface area contributed by atoms with E-state index in [0.29, 0.717) is 11.3 Å². The van der Waals surface area contributed by atoms with Crippen LogP contribution in [0.3, 0.4) is 0 Å². The van der Waals surface area contributed by atoms with Gasteiger partial charge in [0.1, 0.15) is 0 Å². The summed E-state index contributed by atoms with van der Waals surface area (Å²) in [4.78, 5) is 15.7. The largest absolute Gasteiger partial charge is 0.322 e. The van der Waals surface area contributed by atoms with E-state index in [9.17, 15) is 13.2 Å². The van der Waals surface area contributed by atoms with Gasteiger partial charge in [-0.1, -0.05) is 53.6 Å². The predicted octanol–water partition coefficient (Wildman–Crippen LogP) is 4.54. The summed E-state index contributed by atoms with van der Waals surface area (Å²) in [5, 5.41) is 0.851. The number of para-hydroxylation sites is 1. The lowest BCUT2D eigenvalue weighted by Crippen LogP contribution is -2.33. The molecule has 6 heteroatoms. The van der Waals surface area contributed by atoms with Crippen molar-refractivity contribution < 1.29 is 8.42 Å². The Labute approximate surface area is 175 Å². The lowest BCUT2D eigenvalue weighted by atomic mass is 10.1. The zero-order chi connectivity index (χ0) is 21.3. The van der Waals surface area contributed by atoms with Gasteiger partial charge in [0, 0.05) is 11.1 Å². The number of rotatable bonds is 5. The number of aromatic nitrogens is 1. The van der Waals surface area contributed by atoms with E-state index >= 15 is 0 Å². The molecule has 0 spiro atoms. The number of aryl methyl sites for hydroxylation is 2. The standard InChI is InChI=1S/C24H22N2O3S/c1-17-7-11-21(12-8-17)26(30(28,29)22-13-9-18(2)10-14-22)16-20-15-19-5-3-4-6-23(19)25-24(20)27/h3-15H,16H2,1-2H3,(H,25,27). The quantitative estimate of drug-likeness (QED) is 0.517. The van der Waals surface area contributed by atoms with E-state index in [2.05, 4.69) is 4.98 Å². The Bertz CT molecular complexity index is 1360. The molecule has 0 saturated heterocycles. The molecule has 0 atom stereocenters. The number of benzene rings is 3. The molecule has 0 aliphatic rings. The third-order valence-electron chi connectivity index (χ3n) is 5.08. The van der Waals surface area contributed by atoms with Crippen molar-refractivity contribution in [2.45, 2.75) is 25.3 Å². The first-order valence-corrected chi connectivity index (χ1v) is 11.1. The van der Waals surface area contributed by atoms with Gasteiger partial charge in [0.2, 0.25) is 0 Å². The van der Waals surface area contributed by atoms with Gasteiger partial charge in [-0.25, -0.2) is 8.42 Å². The van der Waals surface area contributed by atoms with Crippen LogP contribution in [-0.2, 0) is 16.6 Å². The van der Waals surface area contributed by atoms with Crippen molar-refractivity contribution in [2.24, 2.45) is 0 Å². The Kier molecular flexibility index (Phi) is 5.18. The SMILES string of the molecule is Cc1ccc(N(Cc2cc3ccccc3[nH]c2=O)S(=O)(=O)c2ccc(C)cc2)cc1. The zero-order valence-corrected chi connectivity index (χ0v) is 17.6. The van der Waals surface area contributed by atoms with Crippen LogP contribution in [0.15, 0.2) is 88.6 Å². The van der Waals surface area contributed by atoms with Crippen molar-refractivity contribution in [1.29, 1.82) is 0 Å². The van der Waals surface area contributed by atoms with Crippen LogP contribution >= 0.6 is 0 Å². The highest BCUT2D eigenvalue weighted by Gasteiger charge is 2.26. The van der Waals surface area contributed by atoms with E-state index in [1.165, 1.54) is 4.31 Å². The minimum absolute atomic E-state index is 0.0700.